The van der Waals surface area contributed by atoms with Crippen molar-refractivity contribution in [2.45, 2.75) is 33.2 Å². The number of amides is 1. The van der Waals surface area contributed by atoms with Gasteiger partial charge in [-0.1, -0.05) is 0 Å². The van der Waals surface area contributed by atoms with Crippen LogP contribution in [0.4, 0.5) is 5.95 Å². The molecule has 2 N–H and O–H groups in total. The Hall–Kier alpha value is -2.22. The molecule has 0 saturated carbocycles. The predicted molar refractivity (Wildman–Crippen MR) is 87.0 cm³/mol. The Kier molecular flexibility index (Phi) is 3.93. The average molecular weight is 317 g/mol. The Morgan fingerprint density at radius 3 is 2.74 bits per heavy atom. The summed E-state index contributed by atoms with van der Waals surface area (Å²) < 4.78 is 1.61. The highest BCUT2D eigenvalue weighted by Crippen LogP contribution is 2.17. The van der Waals surface area contributed by atoms with Gasteiger partial charge in [0.2, 0.25) is 11.9 Å². The number of likely N-dealkylation sites (N-methyl/N-ethyl adjacent to an activating group) is 1. The fraction of sp³-hybridized carbons (Fsp3) is 0.600. The molecule has 8 nitrogen and oxygen atoms in total. The first-order valence-electron chi connectivity index (χ1n) is 7.83. The minimum absolute atomic E-state index is 0.131. The lowest BCUT2D eigenvalue weighted by molar-refractivity contribution is -0.134. The smallest absolute Gasteiger partial charge is 0.254 e. The lowest BCUT2D eigenvalue weighted by atomic mass is 10.1. The molecule has 1 saturated heterocycles. The van der Waals surface area contributed by atoms with E-state index in [-0.39, 0.29) is 17.9 Å². The van der Waals surface area contributed by atoms with Crippen LogP contribution in [0.25, 0.3) is 5.78 Å². The molecule has 1 aliphatic rings. The Bertz CT molecular complexity index is 754. The summed E-state index contributed by atoms with van der Waals surface area (Å²) in [5.41, 5.74) is 8.22. The van der Waals surface area contributed by atoms with Gasteiger partial charge in [0.1, 0.15) is 0 Å². The minimum atomic E-state index is 0.131. The van der Waals surface area contributed by atoms with E-state index in [0.29, 0.717) is 12.2 Å². The molecule has 0 bridgehead atoms. The van der Waals surface area contributed by atoms with Crippen molar-refractivity contribution < 1.29 is 4.79 Å². The van der Waals surface area contributed by atoms with Crippen molar-refractivity contribution in [3.8, 4) is 0 Å². The van der Waals surface area contributed by atoms with Gasteiger partial charge in [0.25, 0.3) is 5.78 Å². The zero-order valence-corrected chi connectivity index (χ0v) is 14.1. The van der Waals surface area contributed by atoms with Crippen molar-refractivity contribution in [2.24, 2.45) is 0 Å². The predicted octanol–water partition coefficient (Wildman–Crippen LogP) is 0.0283. The molecular weight excluding hydrogens is 294 g/mol. The number of nitrogens with two attached hydrogens (primary N) is 1. The van der Waals surface area contributed by atoms with Gasteiger partial charge in [0.15, 0.2) is 0 Å². The number of aromatic nitrogens is 4. The third-order valence-corrected chi connectivity index (χ3v) is 4.54. The van der Waals surface area contributed by atoms with Gasteiger partial charge in [0, 0.05) is 42.6 Å². The largest absolute Gasteiger partial charge is 0.366 e. The topological polar surface area (TPSA) is 92.6 Å². The summed E-state index contributed by atoms with van der Waals surface area (Å²) in [6.45, 7) is 8.48. The van der Waals surface area contributed by atoms with E-state index in [4.69, 9.17) is 5.73 Å². The van der Waals surface area contributed by atoms with Crippen molar-refractivity contribution in [1.29, 1.82) is 0 Å². The van der Waals surface area contributed by atoms with Crippen LogP contribution < -0.4 is 5.73 Å². The maximum atomic E-state index is 12.7. The summed E-state index contributed by atoms with van der Waals surface area (Å²) >= 11 is 0. The molecule has 3 rings (SSSR count). The molecule has 0 radical (unpaired) electrons. The molecule has 0 aromatic carbocycles. The highest BCUT2D eigenvalue weighted by Gasteiger charge is 2.27. The fourth-order valence-electron chi connectivity index (χ4n) is 3.24. The molecule has 1 atom stereocenters. The van der Waals surface area contributed by atoms with Gasteiger partial charge in [0.05, 0.1) is 6.42 Å². The van der Waals surface area contributed by atoms with E-state index >= 15 is 0 Å². The van der Waals surface area contributed by atoms with Crippen molar-refractivity contribution in [1.82, 2.24) is 29.4 Å². The Balaban J connectivity index is 1.87. The molecule has 23 heavy (non-hydrogen) atoms. The summed E-state index contributed by atoms with van der Waals surface area (Å²) in [5, 5.41) is 4.15. The average Bonchev–Trinajstić information content (AvgIpc) is 2.83. The van der Waals surface area contributed by atoms with E-state index < -0.39 is 0 Å². The second kappa shape index (κ2) is 5.77. The van der Waals surface area contributed by atoms with Gasteiger partial charge < -0.3 is 15.5 Å². The zero-order valence-electron chi connectivity index (χ0n) is 14.1. The van der Waals surface area contributed by atoms with E-state index in [1.807, 2.05) is 18.7 Å². The van der Waals surface area contributed by atoms with Gasteiger partial charge in [-0.3, -0.25) is 4.79 Å². The molecule has 0 aliphatic carbocycles. The maximum Gasteiger partial charge on any atom is 0.254 e. The van der Waals surface area contributed by atoms with Gasteiger partial charge in [-0.25, -0.2) is 4.98 Å². The van der Waals surface area contributed by atoms with Gasteiger partial charge in [-0.15, -0.1) is 5.10 Å². The fourth-order valence-corrected chi connectivity index (χ4v) is 3.24. The first kappa shape index (κ1) is 15.7. The number of hydrogen-bond donors (Lipinski definition) is 1. The molecule has 1 amide bonds. The molecule has 1 fully saturated rings. The highest BCUT2D eigenvalue weighted by molar-refractivity contribution is 5.79. The lowest BCUT2D eigenvalue weighted by Gasteiger charge is -2.38. The number of fused-ring (bicyclic) bond motifs is 1. The first-order valence-corrected chi connectivity index (χ1v) is 7.83. The normalized spacial score (nSPS) is 19.5. The van der Waals surface area contributed by atoms with Crippen molar-refractivity contribution >= 4 is 17.6 Å². The third-order valence-electron chi connectivity index (χ3n) is 4.54. The molecular formula is C15H23N7O. The van der Waals surface area contributed by atoms with Crippen molar-refractivity contribution in [3.05, 3.63) is 17.0 Å². The summed E-state index contributed by atoms with van der Waals surface area (Å²) in [7, 11) is 2.08. The Labute approximate surface area is 135 Å². The number of hydrogen-bond acceptors (Lipinski definition) is 6. The van der Waals surface area contributed by atoms with Crippen LogP contribution in [-0.4, -0.2) is 68.0 Å². The summed E-state index contributed by atoms with van der Waals surface area (Å²) in [6, 6.07) is 0.223. The number of aryl methyl sites for hydroxylation is 2. The second-order valence-electron chi connectivity index (χ2n) is 6.32. The van der Waals surface area contributed by atoms with Crippen molar-refractivity contribution in [3.63, 3.8) is 0 Å². The van der Waals surface area contributed by atoms with E-state index in [9.17, 15) is 4.79 Å². The second-order valence-corrected chi connectivity index (χ2v) is 6.32. The molecule has 124 valence electrons. The van der Waals surface area contributed by atoms with E-state index in [1.165, 1.54) is 0 Å². The molecule has 0 unspecified atom stereocenters. The Morgan fingerprint density at radius 1 is 1.30 bits per heavy atom. The number of rotatable bonds is 2. The monoisotopic (exact) mass is 317 g/mol. The quantitative estimate of drug-likeness (QED) is 0.840. The third kappa shape index (κ3) is 2.86. The van der Waals surface area contributed by atoms with Crippen LogP contribution in [0, 0.1) is 13.8 Å². The van der Waals surface area contributed by atoms with Gasteiger partial charge in [-0.05, 0) is 27.8 Å². The Morgan fingerprint density at radius 2 is 2.04 bits per heavy atom. The van der Waals surface area contributed by atoms with E-state index in [0.717, 1.165) is 36.6 Å². The number of nitrogen functional groups attached to an aromatic ring is 1. The number of carbonyl (C=O) groups is 1. The lowest BCUT2D eigenvalue weighted by Crippen LogP contribution is -2.53. The number of piperazine rings is 1. The standard InChI is InChI=1S/C15H23N7O/c1-9-8-20(4)5-6-21(9)13(23)7-12-10(2)17-15-18-14(16)19-22(15)11(12)3/h9H,5-8H2,1-4H3,(H2,16,19)/t9-/m0/s1. The summed E-state index contributed by atoms with van der Waals surface area (Å²) in [6.07, 6.45) is 0.328. The minimum Gasteiger partial charge on any atom is -0.366 e. The van der Waals surface area contributed by atoms with Crippen LogP contribution in [0.1, 0.15) is 23.9 Å². The molecule has 2 aromatic rings. The number of nitrogens with zero attached hydrogens (tertiary/aromatic N) is 6. The van der Waals surface area contributed by atoms with Gasteiger partial charge >= 0.3 is 0 Å². The molecule has 8 heteroatoms. The molecule has 2 aromatic heterocycles. The summed E-state index contributed by atoms with van der Waals surface area (Å²) in [5.74, 6) is 0.795. The van der Waals surface area contributed by atoms with Crippen LogP contribution in [0.5, 0.6) is 0 Å². The van der Waals surface area contributed by atoms with E-state index in [2.05, 4.69) is 33.9 Å². The molecule has 1 aliphatic heterocycles. The zero-order chi connectivity index (χ0) is 16.7. The van der Waals surface area contributed by atoms with Crippen LogP contribution in [0.15, 0.2) is 0 Å². The summed E-state index contributed by atoms with van der Waals surface area (Å²) in [4.78, 5) is 25.4. The highest BCUT2D eigenvalue weighted by atomic mass is 16.2. The number of anilines is 1. The van der Waals surface area contributed by atoms with Crippen molar-refractivity contribution in [2.75, 3.05) is 32.4 Å². The maximum absolute atomic E-state index is 12.7. The first-order chi connectivity index (χ1) is 10.9. The SMILES string of the molecule is Cc1nc2nc(N)nn2c(C)c1CC(=O)N1CCN(C)C[C@@H]1C. The van der Waals surface area contributed by atoms with Crippen LogP contribution in [0.3, 0.4) is 0 Å². The van der Waals surface area contributed by atoms with Gasteiger partial charge in [-0.2, -0.15) is 9.50 Å². The molecule has 3 heterocycles. The molecule has 0 spiro atoms. The van der Waals surface area contributed by atoms with Crippen LogP contribution in [0.2, 0.25) is 0 Å². The van der Waals surface area contributed by atoms with E-state index in [1.54, 1.807) is 4.52 Å². The van der Waals surface area contributed by atoms with Crippen LogP contribution >= 0.6 is 0 Å². The number of carbonyl (C=O) groups excluding carboxylic acids is 1. The van der Waals surface area contributed by atoms with Crippen LogP contribution in [-0.2, 0) is 11.2 Å².